The van der Waals surface area contributed by atoms with Gasteiger partial charge in [0.1, 0.15) is 3.70 Å². The van der Waals surface area contributed by atoms with Gasteiger partial charge in [0.25, 0.3) is 6.43 Å². The molecule has 1 aromatic rings. The second-order valence-electron chi connectivity index (χ2n) is 2.82. The molecule has 0 radical (unpaired) electrons. The fourth-order valence-corrected chi connectivity index (χ4v) is 1.92. The first kappa shape index (κ1) is 13.6. The molecule has 1 aromatic heterocycles. The number of halogens is 6. The maximum atomic E-state index is 12.5. The van der Waals surface area contributed by atoms with E-state index in [1.54, 1.807) is 0 Å². The van der Waals surface area contributed by atoms with E-state index in [0.717, 1.165) is 6.20 Å². The number of aliphatic hydroxyl groups is 1. The van der Waals surface area contributed by atoms with Crippen molar-refractivity contribution in [3.8, 4) is 0 Å². The Labute approximate surface area is 101 Å². The molecule has 2 nitrogen and oxygen atoms in total. The molecule has 0 aliphatic carbocycles. The second kappa shape index (κ2) is 4.78. The standard InChI is InChI=1S/C8H5F5INO/c9-6(10)4-3(2-16)1-15-7(14)5(4)8(11,12)13/h1,6,16H,2H2. The molecular formula is C8H5F5INO. The molecule has 16 heavy (non-hydrogen) atoms. The van der Waals surface area contributed by atoms with E-state index < -0.39 is 39.6 Å². The van der Waals surface area contributed by atoms with Crippen LogP contribution in [-0.2, 0) is 12.8 Å². The van der Waals surface area contributed by atoms with E-state index in [2.05, 4.69) is 4.98 Å². The summed E-state index contributed by atoms with van der Waals surface area (Å²) in [4.78, 5) is 3.33. The van der Waals surface area contributed by atoms with Gasteiger partial charge in [-0.25, -0.2) is 13.8 Å². The molecule has 1 N–H and O–H groups in total. The third-order valence-electron chi connectivity index (χ3n) is 1.83. The summed E-state index contributed by atoms with van der Waals surface area (Å²) in [5.74, 6) is 0. The van der Waals surface area contributed by atoms with Crippen molar-refractivity contribution in [3.05, 3.63) is 26.6 Å². The Morgan fingerprint density at radius 2 is 1.94 bits per heavy atom. The van der Waals surface area contributed by atoms with E-state index in [9.17, 15) is 22.0 Å². The van der Waals surface area contributed by atoms with Gasteiger partial charge in [0.05, 0.1) is 12.2 Å². The predicted molar refractivity (Wildman–Crippen MR) is 52.8 cm³/mol. The van der Waals surface area contributed by atoms with E-state index in [-0.39, 0.29) is 0 Å². The second-order valence-corrected chi connectivity index (χ2v) is 3.84. The van der Waals surface area contributed by atoms with E-state index >= 15 is 0 Å². The molecule has 0 unspecified atom stereocenters. The first-order valence-corrected chi connectivity index (χ1v) is 5.00. The number of aliphatic hydroxyl groups excluding tert-OH is 1. The summed E-state index contributed by atoms with van der Waals surface area (Å²) in [7, 11) is 0. The van der Waals surface area contributed by atoms with Crippen molar-refractivity contribution in [2.24, 2.45) is 0 Å². The molecule has 1 heterocycles. The smallest absolute Gasteiger partial charge is 0.392 e. The molecular weight excluding hydrogens is 348 g/mol. The average Bonchev–Trinajstić information content (AvgIpc) is 2.15. The third-order valence-corrected chi connectivity index (χ3v) is 2.65. The van der Waals surface area contributed by atoms with Gasteiger partial charge in [0.2, 0.25) is 0 Å². The molecule has 0 fully saturated rings. The van der Waals surface area contributed by atoms with Gasteiger partial charge in [-0.1, -0.05) is 0 Å². The van der Waals surface area contributed by atoms with Gasteiger partial charge in [-0.15, -0.1) is 0 Å². The minimum absolute atomic E-state index is 0.511. The van der Waals surface area contributed by atoms with Crippen LogP contribution in [0.5, 0.6) is 0 Å². The lowest BCUT2D eigenvalue weighted by Crippen LogP contribution is -2.15. The van der Waals surface area contributed by atoms with Crippen LogP contribution in [0.25, 0.3) is 0 Å². The molecule has 0 atom stereocenters. The van der Waals surface area contributed by atoms with Gasteiger partial charge in [0.15, 0.2) is 0 Å². The quantitative estimate of drug-likeness (QED) is 0.504. The highest BCUT2D eigenvalue weighted by atomic mass is 127. The van der Waals surface area contributed by atoms with Crippen LogP contribution in [0.1, 0.15) is 23.1 Å². The zero-order chi connectivity index (χ0) is 12.5. The van der Waals surface area contributed by atoms with Crippen molar-refractivity contribution >= 4 is 22.6 Å². The summed E-state index contributed by atoms with van der Waals surface area (Å²) in [5.41, 5.74) is -3.19. The van der Waals surface area contributed by atoms with Crippen LogP contribution >= 0.6 is 22.6 Å². The summed E-state index contributed by atoms with van der Waals surface area (Å²) >= 11 is 1.23. The lowest BCUT2D eigenvalue weighted by atomic mass is 10.1. The molecule has 0 saturated carbocycles. The number of nitrogens with zero attached hydrogens (tertiary/aromatic N) is 1. The average molecular weight is 353 g/mol. The Morgan fingerprint density at radius 1 is 1.38 bits per heavy atom. The molecule has 0 saturated heterocycles. The van der Waals surface area contributed by atoms with Crippen LogP contribution in [0.15, 0.2) is 6.20 Å². The Balaban J connectivity index is 3.55. The lowest BCUT2D eigenvalue weighted by Gasteiger charge is -2.16. The van der Waals surface area contributed by atoms with Gasteiger partial charge in [-0.3, -0.25) is 0 Å². The largest absolute Gasteiger partial charge is 0.419 e. The highest BCUT2D eigenvalue weighted by Gasteiger charge is 2.39. The van der Waals surface area contributed by atoms with E-state index in [0.29, 0.717) is 0 Å². The highest BCUT2D eigenvalue weighted by molar-refractivity contribution is 14.1. The monoisotopic (exact) mass is 353 g/mol. The number of alkyl halides is 5. The zero-order valence-electron chi connectivity index (χ0n) is 7.52. The molecule has 8 heteroatoms. The van der Waals surface area contributed by atoms with Crippen LogP contribution < -0.4 is 0 Å². The van der Waals surface area contributed by atoms with Crippen molar-refractivity contribution in [1.29, 1.82) is 0 Å². The van der Waals surface area contributed by atoms with Gasteiger partial charge in [-0.05, 0) is 22.6 Å². The summed E-state index contributed by atoms with van der Waals surface area (Å²) in [6.45, 7) is -0.910. The number of aromatic nitrogens is 1. The SMILES string of the molecule is OCc1cnc(I)c(C(F)(F)F)c1C(F)F. The topological polar surface area (TPSA) is 33.1 Å². The van der Waals surface area contributed by atoms with Crippen LogP contribution in [0.4, 0.5) is 22.0 Å². The normalized spacial score (nSPS) is 12.2. The molecule has 0 aliphatic rings. The molecule has 0 amide bonds. The van der Waals surface area contributed by atoms with Gasteiger partial charge in [0, 0.05) is 17.3 Å². The molecule has 0 bridgehead atoms. The number of hydrogen-bond donors (Lipinski definition) is 1. The molecule has 0 aliphatic heterocycles. The van der Waals surface area contributed by atoms with Gasteiger partial charge in [-0.2, -0.15) is 13.2 Å². The summed E-state index contributed by atoms with van der Waals surface area (Å²) in [6, 6.07) is 0. The Kier molecular flexibility index (Phi) is 4.05. The van der Waals surface area contributed by atoms with Gasteiger partial charge >= 0.3 is 6.18 Å². The Hall–Kier alpha value is -0.510. The fourth-order valence-electron chi connectivity index (χ4n) is 1.19. The minimum atomic E-state index is -4.92. The predicted octanol–water partition coefficient (Wildman–Crippen LogP) is 3.13. The fraction of sp³-hybridized carbons (Fsp3) is 0.375. The van der Waals surface area contributed by atoms with Gasteiger partial charge < -0.3 is 5.11 Å². The maximum Gasteiger partial charge on any atom is 0.419 e. The summed E-state index contributed by atoms with van der Waals surface area (Å²) < 4.78 is 62.1. The number of rotatable bonds is 2. The molecule has 1 rings (SSSR count). The van der Waals surface area contributed by atoms with Crippen molar-refractivity contribution in [3.63, 3.8) is 0 Å². The number of hydrogen-bond acceptors (Lipinski definition) is 2. The third kappa shape index (κ3) is 2.59. The zero-order valence-corrected chi connectivity index (χ0v) is 9.68. The van der Waals surface area contributed by atoms with Crippen molar-refractivity contribution in [1.82, 2.24) is 4.98 Å². The summed E-state index contributed by atoms with van der Waals surface area (Å²) in [6.07, 6.45) is -7.41. The molecule has 90 valence electrons. The maximum absolute atomic E-state index is 12.5. The first-order chi connectivity index (χ1) is 7.29. The summed E-state index contributed by atoms with van der Waals surface area (Å²) in [5, 5.41) is 8.71. The van der Waals surface area contributed by atoms with E-state index in [1.807, 2.05) is 0 Å². The number of pyridine rings is 1. The first-order valence-electron chi connectivity index (χ1n) is 3.92. The van der Waals surface area contributed by atoms with Crippen LogP contribution in [-0.4, -0.2) is 10.1 Å². The Bertz CT molecular complexity index is 393. The van der Waals surface area contributed by atoms with Crippen LogP contribution in [0, 0.1) is 3.70 Å². The molecule has 0 spiro atoms. The van der Waals surface area contributed by atoms with Crippen molar-refractivity contribution in [2.45, 2.75) is 19.2 Å². The molecule has 0 aromatic carbocycles. The van der Waals surface area contributed by atoms with E-state index in [4.69, 9.17) is 5.11 Å². The van der Waals surface area contributed by atoms with Crippen LogP contribution in [0.2, 0.25) is 0 Å². The van der Waals surface area contributed by atoms with Crippen LogP contribution in [0.3, 0.4) is 0 Å². The Morgan fingerprint density at radius 3 is 2.31 bits per heavy atom. The van der Waals surface area contributed by atoms with E-state index in [1.165, 1.54) is 22.6 Å². The minimum Gasteiger partial charge on any atom is -0.392 e. The van der Waals surface area contributed by atoms with Crippen molar-refractivity contribution in [2.75, 3.05) is 0 Å². The highest BCUT2D eigenvalue weighted by Crippen LogP contribution is 2.39. The van der Waals surface area contributed by atoms with Crippen molar-refractivity contribution < 1.29 is 27.1 Å². The lowest BCUT2D eigenvalue weighted by molar-refractivity contribution is -0.140.